The first-order valence-electron chi connectivity index (χ1n) is 5.42. The molecule has 0 radical (unpaired) electrons. The van der Waals surface area contributed by atoms with Crippen LogP contribution >= 0.6 is 0 Å². The van der Waals surface area contributed by atoms with Crippen LogP contribution in [-0.2, 0) is 0 Å². The molecule has 2 heteroatoms. The summed E-state index contributed by atoms with van der Waals surface area (Å²) in [5.74, 6) is 1.30. The molecule has 0 aromatic carbocycles. The average Bonchev–Trinajstić information content (AvgIpc) is 2.03. The first-order chi connectivity index (χ1) is 6.07. The molecule has 0 amide bonds. The normalized spacial score (nSPS) is 14.1. The van der Waals surface area contributed by atoms with Crippen LogP contribution in [0, 0.1) is 11.8 Å². The summed E-state index contributed by atoms with van der Waals surface area (Å²) < 4.78 is 0. The van der Waals surface area contributed by atoms with Crippen LogP contribution in [0.2, 0.25) is 0 Å². The Bertz CT molecular complexity index is 113. The fourth-order valence-electron chi connectivity index (χ4n) is 1.31. The maximum Gasteiger partial charge on any atom is 0.0587 e. The van der Waals surface area contributed by atoms with Crippen molar-refractivity contribution < 1.29 is 5.11 Å². The lowest BCUT2D eigenvalue weighted by Crippen LogP contribution is -2.37. The fraction of sp³-hybridized carbons (Fsp3) is 1.00. The van der Waals surface area contributed by atoms with Crippen LogP contribution in [0.3, 0.4) is 0 Å². The van der Waals surface area contributed by atoms with Crippen LogP contribution in [-0.4, -0.2) is 24.3 Å². The lowest BCUT2D eigenvalue weighted by Gasteiger charge is -2.20. The highest BCUT2D eigenvalue weighted by molar-refractivity contribution is 4.68. The molecule has 13 heavy (non-hydrogen) atoms. The third-order valence-electron chi connectivity index (χ3n) is 2.37. The topological polar surface area (TPSA) is 32.3 Å². The summed E-state index contributed by atoms with van der Waals surface area (Å²) in [5, 5.41) is 12.4. The Morgan fingerprint density at radius 1 is 1.15 bits per heavy atom. The Labute approximate surface area is 82.7 Å². The molecular weight excluding hydrogens is 162 g/mol. The van der Waals surface area contributed by atoms with Crippen molar-refractivity contribution in [2.24, 2.45) is 11.8 Å². The van der Waals surface area contributed by atoms with Crippen molar-refractivity contribution in [2.75, 3.05) is 13.2 Å². The molecule has 0 aliphatic rings. The van der Waals surface area contributed by atoms with Gasteiger partial charge in [-0.05, 0) is 31.2 Å². The lowest BCUT2D eigenvalue weighted by molar-refractivity contribution is 0.210. The van der Waals surface area contributed by atoms with Crippen molar-refractivity contribution in [1.29, 1.82) is 0 Å². The minimum Gasteiger partial charge on any atom is -0.395 e. The molecular formula is C11H25NO. The van der Waals surface area contributed by atoms with E-state index in [-0.39, 0.29) is 12.6 Å². The highest BCUT2D eigenvalue weighted by atomic mass is 16.3. The first kappa shape index (κ1) is 12.9. The Kier molecular flexibility index (Phi) is 7.29. The second kappa shape index (κ2) is 7.34. The molecule has 0 saturated carbocycles. The minimum absolute atomic E-state index is 0.249. The van der Waals surface area contributed by atoms with Gasteiger partial charge >= 0.3 is 0 Å². The standard InChI is InChI=1S/C11H25NO/c1-9(2)6-5-7-12-11(8-13)10(3)4/h9-13H,5-8H2,1-4H3/t11-/m1/s1. The van der Waals surface area contributed by atoms with Gasteiger partial charge in [0.1, 0.15) is 0 Å². The predicted octanol–water partition coefficient (Wildman–Crippen LogP) is 2.03. The maximum atomic E-state index is 9.04. The molecule has 0 fully saturated rings. The number of hydrogen-bond donors (Lipinski definition) is 2. The van der Waals surface area contributed by atoms with Crippen LogP contribution < -0.4 is 5.32 Å². The first-order valence-corrected chi connectivity index (χ1v) is 5.42. The van der Waals surface area contributed by atoms with Gasteiger partial charge in [0.05, 0.1) is 6.61 Å². The van der Waals surface area contributed by atoms with Crippen molar-refractivity contribution in [1.82, 2.24) is 5.32 Å². The van der Waals surface area contributed by atoms with E-state index in [1.54, 1.807) is 0 Å². The zero-order valence-electron chi connectivity index (χ0n) is 9.51. The van der Waals surface area contributed by atoms with E-state index in [1.807, 2.05) is 0 Å². The third kappa shape index (κ3) is 7.03. The number of aliphatic hydroxyl groups is 1. The van der Waals surface area contributed by atoms with Crippen molar-refractivity contribution in [3.8, 4) is 0 Å². The van der Waals surface area contributed by atoms with Crippen molar-refractivity contribution >= 4 is 0 Å². The molecule has 0 aliphatic heterocycles. The summed E-state index contributed by atoms with van der Waals surface area (Å²) >= 11 is 0. The molecule has 0 saturated heterocycles. The van der Waals surface area contributed by atoms with E-state index in [9.17, 15) is 0 Å². The molecule has 2 nitrogen and oxygen atoms in total. The highest BCUT2D eigenvalue weighted by Crippen LogP contribution is 2.04. The quantitative estimate of drug-likeness (QED) is 0.598. The summed E-state index contributed by atoms with van der Waals surface area (Å²) in [6, 6.07) is 0.271. The van der Waals surface area contributed by atoms with Gasteiger partial charge in [-0.15, -0.1) is 0 Å². The predicted molar refractivity (Wildman–Crippen MR) is 57.8 cm³/mol. The van der Waals surface area contributed by atoms with E-state index in [0.717, 1.165) is 12.5 Å². The molecule has 80 valence electrons. The molecule has 2 N–H and O–H groups in total. The second-order valence-electron chi connectivity index (χ2n) is 4.52. The highest BCUT2D eigenvalue weighted by Gasteiger charge is 2.10. The Hall–Kier alpha value is -0.0800. The van der Waals surface area contributed by atoms with E-state index in [1.165, 1.54) is 12.8 Å². The summed E-state index contributed by atoms with van der Waals surface area (Å²) in [7, 11) is 0. The largest absolute Gasteiger partial charge is 0.395 e. The monoisotopic (exact) mass is 187 g/mol. The average molecular weight is 187 g/mol. The number of hydrogen-bond acceptors (Lipinski definition) is 2. The Morgan fingerprint density at radius 2 is 1.77 bits per heavy atom. The SMILES string of the molecule is CC(C)CCCN[C@H](CO)C(C)C. The van der Waals surface area contributed by atoms with Crippen molar-refractivity contribution in [2.45, 2.75) is 46.6 Å². The van der Waals surface area contributed by atoms with Crippen LogP contribution in [0.4, 0.5) is 0 Å². The van der Waals surface area contributed by atoms with Gasteiger partial charge in [-0.25, -0.2) is 0 Å². The van der Waals surface area contributed by atoms with Gasteiger partial charge in [-0.2, -0.15) is 0 Å². The molecule has 0 aliphatic carbocycles. The zero-order chi connectivity index (χ0) is 10.3. The van der Waals surface area contributed by atoms with Gasteiger partial charge in [0.15, 0.2) is 0 Å². The van der Waals surface area contributed by atoms with Crippen molar-refractivity contribution in [3.05, 3.63) is 0 Å². The van der Waals surface area contributed by atoms with Gasteiger partial charge in [0.25, 0.3) is 0 Å². The van der Waals surface area contributed by atoms with E-state index in [4.69, 9.17) is 5.11 Å². The number of rotatable bonds is 7. The van der Waals surface area contributed by atoms with Gasteiger partial charge < -0.3 is 10.4 Å². The summed E-state index contributed by atoms with van der Waals surface area (Å²) in [4.78, 5) is 0. The van der Waals surface area contributed by atoms with Crippen LogP contribution in [0.15, 0.2) is 0 Å². The van der Waals surface area contributed by atoms with E-state index in [2.05, 4.69) is 33.0 Å². The van der Waals surface area contributed by atoms with Crippen LogP contribution in [0.5, 0.6) is 0 Å². The molecule has 0 heterocycles. The van der Waals surface area contributed by atoms with Gasteiger partial charge in [-0.1, -0.05) is 27.7 Å². The number of nitrogens with one attached hydrogen (secondary N) is 1. The molecule has 0 spiro atoms. The fourth-order valence-corrected chi connectivity index (χ4v) is 1.31. The number of aliphatic hydroxyl groups excluding tert-OH is 1. The van der Waals surface area contributed by atoms with Gasteiger partial charge in [-0.3, -0.25) is 0 Å². The molecule has 0 aromatic heterocycles. The summed E-state index contributed by atoms with van der Waals surface area (Å²) in [6.45, 7) is 10.0. The Balaban J connectivity index is 3.39. The van der Waals surface area contributed by atoms with Gasteiger partial charge in [0, 0.05) is 6.04 Å². The Morgan fingerprint density at radius 3 is 2.15 bits per heavy atom. The second-order valence-corrected chi connectivity index (χ2v) is 4.52. The van der Waals surface area contributed by atoms with Gasteiger partial charge in [0.2, 0.25) is 0 Å². The smallest absolute Gasteiger partial charge is 0.0587 e. The molecule has 0 aromatic rings. The van der Waals surface area contributed by atoms with Crippen LogP contribution in [0.1, 0.15) is 40.5 Å². The zero-order valence-corrected chi connectivity index (χ0v) is 9.51. The van der Waals surface area contributed by atoms with E-state index >= 15 is 0 Å². The van der Waals surface area contributed by atoms with E-state index < -0.39 is 0 Å². The molecule has 1 atom stereocenters. The summed E-state index contributed by atoms with van der Waals surface area (Å²) in [5.41, 5.74) is 0. The minimum atomic E-state index is 0.249. The molecule has 0 bridgehead atoms. The van der Waals surface area contributed by atoms with Crippen molar-refractivity contribution in [3.63, 3.8) is 0 Å². The lowest BCUT2D eigenvalue weighted by atomic mass is 10.0. The third-order valence-corrected chi connectivity index (χ3v) is 2.37. The maximum absolute atomic E-state index is 9.04. The summed E-state index contributed by atoms with van der Waals surface area (Å²) in [6.07, 6.45) is 2.48. The van der Waals surface area contributed by atoms with Crippen LogP contribution in [0.25, 0.3) is 0 Å². The molecule has 0 unspecified atom stereocenters. The van der Waals surface area contributed by atoms with E-state index in [0.29, 0.717) is 5.92 Å². The molecule has 0 rings (SSSR count).